The van der Waals surface area contributed by atoms with E-state index in [1.54, 1.807) is 11.9 Å². The van der Waals surface area contributed by atoms with Crippen LogP contribution < -0.4 is 21.3 Å². The van der Waals surface area contributed by atoms with Crippen LogP contribution in [0.3, 0.4) is 0 Å². The third-order valence-electron chi connectivity index (χ3n) is 14.5. The second-order valence-electron chi connectivity index (χ2n) is 19.2. The van der Waals surface area contributed by atoms with Gasteiger partial charge in [-0.2, -0.15) is 0 Å². The number of amides is 5. The lowest BCUT2D eigenvalue weighted by Gasteiger charge is -2.44. The van der Waals surface area contributed by atoms with E-state index in [-0.39, 0.29) is 41.0 Å². The smallest absolute Gasteiger partial charge is 0.315 e. The largest absolute Gasteiger partial charge is 0.347 e. The standard InChI is InChI=1S/C40H64N6O7S/c1-38(2)28-23-46(31(30(28)38)34(48)42-29(18-13-25-11-12-25)32(47)35(49)41-26-14-15-26)36(50)33(39(3)19-7-5-8-20-39)43-37(51)44-40(21-9-6-10-22-40)24-54(52,53)45(4)27-16-17-27/h25-31,33H,5-24H2,1-4H3,(H,41,49)(H,42,48)(H2,43,44,51)/t28-,29-,30-,31-,33+/m0/s1. The Morgan fingerprint density at radius 1 is 0.833 bits per heavy atom. The SMILES string of the molecule is CN(C1CC1)S(=O)(=O)CC1(NC(=O)N[C@H](C(=O)N2C[C@H]3[C@@H]([C@H]2C(=O)N[C@@H](CCC2CC2)C(=O)C(=O)NC2CC2)C3(C)C)C2(C)CCCCC2)CCCCC1. The number of nitrogens with one attached hydrogen (secondary N) is 4. The maximum absolute atomic E-state index is 15.0. The number of likely N-dealkylation sites (tertiary alicyclic amines) is 1. The van der Waals surface area contributed by atoms with Crippen LogP contribution in [0.1, 0.15) is 136 Å². The molecule has 7 rings (SSSR count). The Balaban J connectivity index is 1.11. The summed E-state index contributed by atoms with van der Waals surface area (Å²) in [5.41, 5.74) is -1.70. The van der Waals surface area contributed by atoms with Gasteiger partial charge in [0.2, 0.25) is 27.6 Å². The second kappa shape index (κ2) is 15.0. The van der Waals surface area contributed by atoms with Crippen LogP contribution in [0.4, 0.5) is 4.79 Å². The van der Waals surface area contributed by atoms with Gasteiger partial charge in [0, 0.05) is 25.7 Å². The minimum absolute atomic E-state index is 0.0152. The summed E-state index contributed by atoms with van der Waals surface area (Å²) in [6.07, 6.45) is 14.7. The van der Waals surface area contributed by atoms with Crippen LogP contribution in [0, 0.1) is 28.6 Å². The van der Waals surface area contributed by atoms with Crippen molar-refractivity contribution in [3.8, 4) is 0 Å². The van der Waals surface area contributed by atoms with Crippen molar-refractivity contribution in [2.75, 3.05) is 19.3 Å². The molecule has 14 heteroatoms. The van der Waals surface area contributed by atoms with E-state index in [0.717, 1.165) is 96.3 Å². The number of hydrogen-bond acceptors (Lipinski definition) is 7. The lowest BCUT2D eigenvalue weighted by molar-refractivity contribution is -0.146. The van der Waals surface area contributed by atoms with Crippen LogP contribution in [0.25, 0.3) is 0 Å². The van der Waals surface area contributed by atoms with Gasteiger partial charge in [0.25, 0.3) is 5.91 Å². The fourth-order valence-electron chi connectivity index (χ4n) is 10.2. The topological polar surface area (TPSA) is 174 Å². The molecule has 7 fully saturated rings. The lowest BCUT2D eigenvalue weighted by atomic mass is 9.70. The first-order chi connectivity index (χ1) is 25.5. The van der Waals surface area contributed by atoms with E-state index in [9.17, 15) is 32.4 Å². The molecular formula is C40H64N6O7S. The van der Waals surface area contributed by atoms with Gasteiger partial charge in [-0.25, -0.2) is 17.5 Å². The number of fused-ring (bicyclic) bond motifs is 1. The molecule has 0 radical (unpaired) electrons. The van der Waals surface area contributed by atoms with Crippen molar-refractivity contribution in [2.24, 2.45) is 28.6 Å². The van der Waals surface area contributed by atoms with Gasteiger partial charge < -0.3 is 26.2 Å². The number of sulfonamides is 1. The third-order valence-corrected chi connectivity index (χ3v) is 16.5. The number of piperidine rings is 1. The summed E-state index contributed by atoms with van der Waals surface area (Å²) in [6.45, 7) is 6.62. The Morgan fingerprint density at radius 3 is 2.06 bits per heavy atom. The Labute approximate surface area is 321 Å². The molecule has 1 saturated heterocycles. The van der Waals surface area contributed by atoms with Gasteiger partial charge in [0.05, 0.1) is 17.3 Å². The second-order valence-corrected chi connectivity index (χ2v) is 21.2. The Bertz CT molecular complexity index is 1590. The molecule has 0 bridgehead atoms. The molecule has 13 nitrogen and oxygen atoms in total. The molecule has 0 aromatic heterocycles. The first-order valence-corrected chi connectivity index (χ1v) is 22.6. The van der Waals surface area contributed by atoms with Crippen molar-refractivity contribution in [1.82, 2.24) is 30.5 Å². The van der Waals surface area contributed by atoms with E-state index in [1.165, 1.54) is 4.31 Å². The van der Waals surface area contributed by atoms with Crippen LogP contribution in [-0.4, -0.2) is 102 Å². The predicted octanol–water partition coefficient (Wildman–Crippen LogP) is 3.76. The maximum atomic E-state index is 15.0. The number of urea groups is 1. The predicted molar refractivity (Wildman–Crippen MR) is 203 cm³/mol. The van der Waals surface area contributed by atoms with E-state index < -0.39 is 62.7 Å². The minimum atomic E-state index is -3.63. The normalized spacial score (nSPS) is 29.4. The molecule has 1 heterocycles. The molecule has 7 aliphatic rings. The highest BCUT2D eigenvalue weighted by molar-refractivity contribution is 7.89. The third kappa shape index (κ3) is 8.49. The quantitative estimate of drug-likeness (QED) is 0.173. The fraction of sp³-hybridized carbons (Fsp3) is 0.875. The number of carbonyl (C=O) groups excluding carboxylic acids is 5. The van der Waals surface area contributed by atoms with Gasteiger partial charge in [-0.1, -0.05) is 72.1 Å². The molecular weight excluding hydrogens is 709 g/mol. The van der Waals surface area contributed by atoms with Crippen molar-refractivity contribution in [2.45, 2.75) is 172 Å². The van der Waals surface area contributed by atoms with Crippen molar-refractivity contribution in [3.63, 3.8) is 0 Å². The molecule has 0 unspecified atom stereocenters. The number of nitrogens with zero attached hydrogens (tertiary/aromatic N) is 2. The Hall–Kier alpha value is -2.74. The summed E-state index contributed by atoms with van der Waals surface area (Å²) in [4.78, 5) is 71.6. The highest BCUT2D eigenvalue weighted by Gasteiger charge is 2.70. The number of hydrogen-bond donors (Lipinski definition) is 4. The van der Waals surface area contributed by atoms with E-state index >= 15 is 0 Å². The molecule has 6 saturated carbocycles. The van der Waals surface area contributed by atoms with Crippen LogP contribution >= 0.6 is 0 Å². The fourth-order valence-corrected chi connectivity index (χ4v) is 12.1. The first kappa shape index (κ1) is 39.5. The summed E-state index contributed by atoms with van der Waals surface area (Å²) in [6, 6.07) is -3.26. The molecule has 4 N–H and O–H groups in total. The molecule has 0 aromatic rings. The van der Waals surface area contributed by atoms with E-state index in [1.807, 2.05) is 6.92 Å². The number of ketones is 1. The Morgan fingerprint density at radius 2 is 1.46 bits per heavy atom. The van der Waals surface area contributed by atoms with Gasteiger partial charge in [-0.15, -0.1) is 0 Å². The summed E-state index contributed by atoms with van der Waals surface area (Å²) >= 11 is 0. The summed E-state index contributed by atoms with van der Waals surface area (Å²) in [5.74, 6) is -1.74. The van der Waals surface area contributed by atoms with Crippen LogP contribution in [-0.2, 0) is 29.2 Å². The first-order valence-electron chi connectivity index (χ1n) is 21.0. The van der Waals surface area contributed by atoms with E-state index in [2.05, 4.69) is 35.1 Å². The number of rotatable bonds is 16. The van der Waals surface area contributed by atoms with Gasteiger partial charge in [0.15, 0.2) is 0 Å². The van der Waals surface area contributed by atoms with Crippen molar-refractivity contribution in [1.29, 1.82) is 0 Å². The van der Waals surface area contributed by atoms with Crippen molar-refractivity contribution in [3.05, 3.63) is 0 Å². The zero-order chi connectivity index (χ0) is 38.6. The van der Waals surface area contributed by atoms with Crippen molar-refractivity contribution < 1.29 is 32.4 Å². The van der Waals surface area contributed by atoms with E-state index in [0.29, 0.717) is 31.7 Å². The molecule has 5 amide bonds. The van der Waals surface area contributed by atoms with Crippen molar-refractivity contribution >= 4 is 39.6 Å². The zero-order valence-electron chi connectivity index (χ0n) is 32.9. The number of carbonyl (C=O) groups is 5. The molecule has 302 valence electrons. The van der Waals surface area contributed by atoms with Gasteiger partial charge in [0.1, 0.15) is 12.1 Å². The molecule has 54 heavy (non-hydrogen) atoms. The monoisotopic (exact) mass is 772 g/mol. The average molecular weight is 773 g/mol. The van der Waals surface area contributed by atoms with E-state index in [4.69, 9.17) is 0 Å². The Kier molecular flexibility index (Phi) is 10.9. The van der Waals surface area contributed by atoms with Crippen LogP contribution in [0.2, 0.25) is 0 Å². The summed E-state index contributed by atoms with van der Waals surface area (Å²) in [7, 11) is -2.00. The highest BCUT2D eigenvalue weighted by Crippen LogP contribution is 2.65. The maximum Gasteiger partial charge on any atom is 0.315 e. The molecule has 5 atom stereocenters. The minimum Gasteiger partial charge on any atom is -0.347 e. The van der Waals surface area contributed by atoms with Crippen LogP contribution in [0.5, 0.6) is 0 Å². The van der Waals surface area contributed by atoms with Gasteiger partial charge in [-0.05, 0) is 92.8 Å². The average Bonchev–Trinajstić information content (AvgIpc) is 3.93. The lowest BCUT2D eigenvalue weighted by Crippen LogP contribution is -2.65. The van der Waals surface area contributed by atoms with Crippen LogP contribution in [0.15, 0.2) is 0 Å². The molecule has 6 aliphatic carbocycles. The number of Topliss-reactive ketones (excluding diaryl/α,β-unsaturated/α-hetero) is 1. The summed E-state index contributed by atoms with van der Waals surface area (Å²) in [5, 5.41) is 11.9. The summed E-state index contributed by atoms with van der Waals surface area (Å²) < 4.78 is 28.6. The zero-order valence-corrected chi connectivity index (χ0v) is 33.7. The van der Waals surface area contributed by atoms with Gasteiger partial charge in [-0.3, -0.25) is 19.2 Å². The molecule has 1 aliphatic heterocycles. The molecule has 0 aromatic carbocycles. The highest BCUT2D eigenvalue weighted by atomic mass is 32.2. The molecule has 0 spiro atoms. The van der Waals surface area contributed by atoms with Gasteiger partial charge >= 0.3 is 6.03 Å².